The summed E-state index contributed by atoms with van der Waals surface area (Å²) in [5.74, 6) is -1.74. The second-order valence-electron chi connectivity index (χ2n) is 2.30. The van der Waals surface area contributed by atoms with Crippen LogP contribution >= 0.6 is 11.6 Å². The van der Waals surface area contributed by atoms with Crippen molar-refractivity contribution >= 4 is 17.9 Å². The summed E-state index contributed by atoms with van der Waals surface area (Å²) in [7, 11) is 0. The molecule has 0 atom stereocenters. The van der Waals surface area contributed by atoms with E-state index in [1.54, 1.807) is 0 Å². The van der Waals surface area contributed by atoms with Crippen LogP contribution in [0.25, 0.3) is 0 Å². The molecule has 0 N–H and O–H groups in total. The van der Waals surface area contributed by atoms with Gasteiger partial charge in [-0.15, -0.1) is 0 Å². The molecule has 0 saturated heterocycles. The highest BCUT2D eigenvalue weighted by Gasteiger charge is 2.13. The molecule has 0 aliphatic rings. The van der Waals surface area contributed by atoms with Gasteiger partial charge in [0.25, 0.3) is 0 Å². The Morgan fingerprint density at radius 1 is 1.43 bits per heavy atom. The third-order valence-corrected chi connectivity index (χ3v) is 1.72. The molecule has 0 radical (unpaired) electrons. The Morgan fingerprint density at radius 2 is 2.07 bits per heavy atom. The number of ether oxygens (including phenoxy) is 1. The normalized spacial score (nSPS) is 10.4. The summed E-state index contributed by atoms with van der Waals surface area (Å²) in [6, 6.07) is 1.56. The molecule has 0 aliphatic carbocycles. The molecule has 0 fully saturated rings. The lowest BCUT2D eigenvalue weighted by Gasteiger charge is -2.06. The van der Waals surface area contributed by atoms with Crippen LogP contribution in [-0.2, 0) is 0 Å². The molecule has 6 heteroatoms. The fourth-order valence-corrected chi connectivity index (χ4v) is 1.02. The summed E-state index contributed by atoms with van der Waals surface area (Å²) in [6.45, 7) is -3.14. The van der Waals surface area contributed by atoms with Crippen LogP contribution < -0.4 is 4.74 Å². The van der Waals surface area contributed by atoms with Crippen molar-refractivity contribution in [2.24, 2.45) is 0 Å². The first-order valence-electron chi connectivity index (χ1n) is 3.43. The van der Waals surface area contributed by atoms with Crippen molar-refractivity contribution in [2.75, 3.05) is 0 Å². The Labute approximate surface area is 82.2 Å². The highest BCUT2D eigenvalue weighted by Crippen LogP contribution is 2.26. The van der Waals surface area contributed by atoms with Gasteiger partial charge in [-0.3, -0.25) is 4.79 Å². The lowest BCUT2D eigenvalue weighted by molar-refractivity contribution is -0.0521. The fourth-order valence-electron chi connectivity index (χ4n) is 0.821. The second-order valence-corrected chi connectivity index (χ2v) is 2.71. The summed E-state index contributed by atoms with van der Waals surface area (Å²) >= 11 is 5.46. The van der Waals surface area contributed by atoms with E-state index < -0.39 is 18.2 Å². The zero-order chi connectivity index (χ0) is 10.7. The molecule has 0 amide bonds. The van der Waals surface area contributed by atoms with Crippen molar-refractivity contribution in [1.29, 1.82) is 0 Å². The van der Waals surface area contributed by atoms with Crippen molar-refractivity contribution in [2.45, 2.75) is 6.61 Å². The zero-order valence-electron chi connectivity index (χ0n) is 6.64. The Kier molecular flexibility index (Phi) is 3.35. The molecule has 14 heavy (non-hydrogen) atoms. The minimum absolute atomic E-state index is 0.120. The number of halogens is 4. The molecule has 1 aromatic rings. The predicted molar refractivity (Wildman–Crippen MR) is 43.4 cm³/mol. The average molecular weight is 225 g/mol. The van der Waals surface area contributed by atoms with Gasteiger partial charge in [0, 0.05) is 11.6 Å². The van der Waals surface area contributed by atoms with E-state index in [-0.39, 0.29) is 10.6 Å². The van der Waals surface area contributed by atoms with Crippen LogP contribution in [0.2, 0.25) is 5.02 Å². The Bertz CT molecular complexity index is 355. The van der Waals surface area contributed by atoms with Gasteiger partial charge in [-0.2, -0.15) is 8.78 Å². The number of alkyl halides is 2. The van der Waals surface area contributed by atoms with E-state index in [1.807, 2.05) is 0 Å². The standard InChI is InChI=1S/C8H4ClF3O2/c9-5-2-7(14-8(11)12)6(10)1-4(5)3-13/h1-3,8H. The quantitative estimate of drug-likeness (QED) is 0.738. The SMILES string of the molecule is O=Cc1cc(F)c(OC(F)F)cc1Cl. The topological polar surface area (TPSA) is 26.3 Å². The average Bonchev–Trinajstić information content (AvgIpc) is 2.10. The Hall–Kier alpha value is -1.23. The first-order valence-corrected chi connectivity index (χ1v) is 3.81. The molecule has 0 spiro atoms. The van der Waals surface area contributed by atoms with Crippen LogP contribution in [0.15, 0.2) is 12.1 Å². The van der Waals surface area contributed by atoms with E-state index in [4.69, 9.17) is 11.6 Å². The van der Waals surface area contributed by atoms with Gasteiger partial charge in [0.15, 0.2) is 17.9 Å². The first-order chi connectivity index (χ1) is 6.54. The molecule has 2 nitrogen and oxygen atoms in total. The molecule has 0 unspecified atom stereocenters. The summed E-state index contributed by atoms with van der Waals surface area (Å²) < 4.78 is 40.1. The van der Waals surface area contributed by atoms with Gasteiger partial charge in [-0.05, 0) is 6.07 Å². The van der Waals surface area contributed by atoms with E-state index in [1.165, 1.54) is 0 Å². The smallest absolute Gasteiger partial charge is 0.387 e. The van der Waals surface area contributed by atoms with Crippen LogP contribution in [0.4, 0.5) is 13.2 Å². The Balaban J connectivity index is 3.08. The maximum atomic E-state index is 12.9. The molecule has 0 bridgehead atoms. The minimum atomic E-state index is -3.14. The van der Waals surface area contributed by atoms with Gasteiger partial charge in [-0.25, -0.2) is 4.39 Å². The number of carbonyl (C=O) groups excluding carboxylic acids is 1. The highest BCUT2D eigenvalue weighted by atomic mass is 35.5. The van der Waals surface area contributed by atoms with E-state index in [0.717, 1.165) is 12.1 Å². The lowest BCUT2D eigenvalue weighted by atomic mass is 10.2. The van der Waals surface area contributed by atoms with E-state index in [0.29, 0.717) is 6.29 Å². The monoisotopic (exact) mass is 224 g/mol. The molecule has 76 valence electrons. The largest absolute Gasteiger partial charge is 0.432 e. The molecular formula is C8H4ClF3O2. The number of aldehydes is 1. The van der Waals surface area contributed by atoms with Crippen LogP contribution in [0, 0.1) is 5.82 Å². The van der Waals surface area contributed by atoms with E-state index in [9.17, 15) is 18.0 Å². The molecular weight excluding hydrogens is 221 g/mol. The summed E-state index contributed by atoms with van der Waals surface area (Å²) in [5, 5.41) is -0.142. The van der Waals surface area contributed by atoms with Gasteiger partial charge < -0.3 is 4.74 Å². The molecule has 1 aromatic carbocycles. The van der Waals surface area contributed by atoms with Crippen molar-refractivity contribution in [3.8, 4) is 5.75 Å². The molecule has 0 saturated carbocycles. The maximum absolute atomic E-state index is 12.9. The van der Waals surface area contributed by atoms with Gasteiger partial charge in [-0.1, -0.05) is 11.6 Å². The Morgan fingerprint density at radius 3 is 2.57 bits per heavy atom. The number of hydrogen-bond acceptors (Lipinski definition) is 2. The third kappa shape index (κ3) is 2.38. The van der Waals surface area contributed by atoms with Crippen LogP contribution in [-0.4, -0.2) is 12.9 Å². The third-order valence-electron chi connectivity index (χ3n) is 1.39. The summed E-state index contributed by atoms with van der Waals surface area (Å²) in [6.07, 6.45) is 0.317. The second kappa shape index (κ2) is 4.32. The lowest BCUT2D eigenvalue weighted by Crippen LogP contribution is -2.04. The highest BCUT2D eigenvalue weighted by molar-refractivity contribution is 6.33. The molecule has 0 heterocycles. The zero-order valence-corrected chi connectivity index (χ0v) is 7.39. The maximum Gasteiger partial charge on any atom is 0.387 e. The molecule has 0 aromatic heterocycles. The number of hydrogen-bond donors (Lipinski definition) is 0. The summed E-state index contributed by atoms with van der Waals surface area (Å²) in [4.78, 5) is 10.3. The molecule has 1 rings (SSSR count). The van der Waals surface area contributed by atoms with Gasteiger partial charge in [0.1, 0.15) is 0 Å². The number of rotatable bonds is 3. The van der Waals surface area contributed by atoms with Gasteiger partial charge >= 0.3 is 6.61 Å². The summed E-state index contributed by atoms with van der Waals surface area (Å²) in [5.41, 5.74) is -0.120. The van der Waals surface area contributed by atoms with Crippen molar-refractivity contribution in [3.05, 3.63) is 28.5 Å². The number of carbonyl (C=O) groups is 1. The van der Waals surface area contributed by atoms with E-state index >= 15 is 0 Å². The predicted octanol–water partition coefficient (Wildman–Crippen LogP) is 2.89. The molecule has 0 aliphatic heterocycles. The van der Waals surface area contributed by atoms with Crippen molar-refractivity contribution < 1.29 is 22.7 Å². The van der Waals surface area contributed by atoms with Crippen molar-refractivity contribution in [3.63, 3.8) is 0 Å². The fraction of sp³-hybridized carbons (Fsp3) is 0.125. The van der Waals surface area contributed by atoms with Crippen molar-refractivity contribution in [1.82, 2.24) is 0 Å². The van der Waals surface area contributed by atoms with Gasteiger partial charge in [0.2, 0.25) is 0 Å². The van der Waals surface area contributed by atoms with Crippen LogP contribution in [0.1, 0.15) is 10.4 Å². The van der Waals surface area contributed by atoms with Crippen LogP contribution in [0.5, 0.6) is 5.75 Å². The van der Waals surface area contributed by atoms with E-state index in [2.05, 4.69) is 4.74 Å². The number of benzene rings is 1. The first kappa shape index (κ1) is 10.8. The van der Waals surface area contributed by atoms with Crippen LogP contribution in [0.3, 0.4) is 0 Å². The minimum Gasteiger partial charge on any atom is -0.432 e. The van der Waals surface area contributed by atoms with Gasteiger partial charge in [0.05, 0.1) is 5.02 Å².